The minimum atomic E-state index is -0.331. The van der Waals surface area contributed by atoms with Crippen LogP contribution in [0.1, 0.15) is 0 Å². The lowest BCUT2D eigenvalue weighted by Gasteiger charge is -2.09. The molecule has 0 amide bonds. The van der Waals surface area contributed by atoms with Gasteiger partial charge < -0.3 is 5.32 Å². The maximum Gasteiger partial charge on any atom is 0.146 e. The number of hydrogen-bond donors (Lipinski definition) is 1. The van der Waals surface area contributed by atoms with Crippen LogP contribution in [0.4, 0.5) is 20.2 Å². The number of nitrogens with one attached hydrogen (secondary N) is 1. The predicted molar refractivity (Wildman–Crippen MR) is 68.8 cm³/mol. The van der Waals surface area contributed by atoms with Crippen molar-refractivity contribution in [3.05, 3.63) is 57.7 Å². The molecule has 2 aromatic rings. The van der Waals surface area contributed by atoms with Crippen molar-refractivity contribution in [1.29, 1.82) is 0 Å². The van der Waals surface area contributed by atoms with E-state index < -0.39 is 0 Å². The second-order valence-electron chi connectivity index (χ2n) is 3.23. The van der Waals surface area contributed by atoms with Crippen molar-refractivity contribution in [2.24, 2.45) is 0 Å². The van der Waals surface area contributed by atoms with Gasteiger partial charge in [-0.05, 0) is 52.9 Å². The first-order valence-electron chi connectivity index (χ1n) is 4.63. The summed E-state index contributed by atoms with van der Waals surface area (Å²) in [7, 11) is 0. The number of para-hydroxylation sites is 1. The van der Waals surface area contributed by atoms with Crippen molar-refractivity contribution >= 4 is 34.0 Å². The molecule has 2 rings (SSSR count). The van der Waals surface area contributed by atoms with Crippen LogP contribution in [0.5, 0.6) is 0 Å². The monoisotopic (exact) mass is 331 g/mol. The number of hydrogen-bond acceptors (Lipinski definition) is 1. The standard InChI is InChI=1S/C12H8F2IN/c13-8-5-6-12(10(15)7-8)16-11-4-2-1-3-9(11)14/h1-7,16H. The maximum absolute atomic E-state index is 13.3. The van der Waals surface area contributed by atoms with Crippen molar-refractivity contribution in [2.75, 3.05) is 5.32 Å². The molecule has 0 fully saturated rings. The summed E-state index contributed by atoms with van der Waals surface area (Å²) in [5.41, 5.74) is 1.07. The second-order valence-corrected chi connectivity index (χ2v) is 4.39. The van der Waals surface area contributed by atoms with Crippen LogP contribution in [0.2, 0.25) is 0 Å². The molecule has 82 valence electrons. The fourth-order valence-corrected chi connectivity index (χ4v) is 1.91. The Hall–Kier alpha value is -1.17. The van der Waals surface area contributed by atoms with Gasteiger partial charge in [0.2, 0.25) is 0 Å². The van der Waals surface area contributed by atoms with E-state index in [0.717, 1.165) is 0 Å². The lowest BCUT2D eigenvalue weighted by molar-refractivity contribution is 0.627. The van der Waals surface area contributed by atoms with E-state index in [4.69, 9.17) is 0 Å². The van der Waals surface area contributed by atoms with Gasteiger partial charge in [0, 0.05) is 3.57 Å². The van der Waals surface area contributed by atoms with Crippen LogP contribution >= 0.6 is 22.6 Å². The van der Waals surface area contributed by atoms with Gasteiger partial charge in [0.1, 0.15) is 11.6 Å². The SMILES string of the molecule is Fc1ccc(Nc2ccccc2F)c(I)c1. The molecule has 0 saturated carbocycles. The molecule has 1 N–H and O–H groups in total. The maximum atomic E-state index is 13.3. The van der Waals surface area contributed by atoms with Gasteiger partial charge in [-0.3, -0.25) is 0 Å². The molecule has 0 aliphatic carbocycles. The Bertz CT molecular complexity index is 514. The van der Waals surface area contributed by atoms with Gasteiger partial charge in [-0.15, -0.1) is 0 Å². The van der Waals surface area contributed by atoms with Gasteiger partial charge in [0.15, 0.2) is 0 Å². The lowest BCUT2D eigenvalue weighted by Crippen LogP contribution is -1.95. The molecule has 16 heavy (non-hydrogen) atoms. The third-order valence-electron chi connectivity index (χ3n) is 2.07. The average Bonchev–Trinajstić information content (AvgIpc) is 2.25. The van der Waals surface area contributed by atoms with Crippen molar-refractivity contribution in [3.63, 3.8) is 0 Å². The van der Waals surface area contributed by atoms with Crippen LogP contribution in [-0.2, 0) is 0 Å². The summed E-state index contributed by atoms with van der Waals surface area (Å²) < 4.78 is 26.9. The average molecular weight is 331 g/mol. The van der Waals surface area contributed by atoms with E-state index in [1.165, 1.54) is 18.2 Å². The minimum Gasteiger partial charge on any atom is -0.352 e. The molecule has 0 aromatic heterocycles. The summed E-state index contributed by atoms with van der Waals surface area (Å²) >= 11 is 2.00. The molecule has 0 bridgehead atoms. The first kappa shape index (κ1) is 11.3. The summed E-state index contributed by atoms with van der Waals surface area (Å²) in [6.45, 7) is 0. The van der Waals surface area contributed by atoms with E-state index in [9.17, 15) is 8.78 Å². The highest BCUT2D eigenvalue weighted by Crippen LogP contribution is 2.24. The molecule has 0 atom stereocenters. The summed E-state index contributed by atoms with van der Waals surface area (Å²) in [6, 6.07) is 10.7. The van der Waals surface area contributed by atoms with E-state index in [-0.39, 0.29) is 11.6 Å². The van der Waals surface area contributed by atoms with E-state index in [1.54, 1.807) is 24.3 Å². The molecule has 4 heteroatoms. The zero-order chi connectivity index (χ0) is 11.5. The zero-order valence-electron chi connectivity index (χ0n) is 8.18. The highest BCUT2D eigenvalue weighted by molar-refractivity contribution is 14.1. The molecule has 2 aromatic carbocycles. The van der Waals surface area contributed by atoms with Gasteiger partial charge in [-0.25, -0.2) is 8.78 Å². The highest BCUT2D eigenvalue weighted by atomic mass is 127. The molecular formula is C12H8F2IN. The van der Waals surface area contributed by atoms with Gasteiger partial charge in [0.05, 0.1) is 11.4 Å². The Morgan fingerprint density at radius 2 is 1.69 bits per heavy atom. The van der Waals surface area contributed by atoms with Crippen molar-refractivity contribution in [1.82, 2.24) is 0 Å². The number of rotatable bonds is 2. The zero-order valence-corrected chi connectivity index (χ0v) is 10.3. The molecule has 0 saturated heterocycles. The summed E-state index contributed by atoms with van der Waals surface area (Å²) in [5.74, 6) is -0.633. The third kappa shape index (κ3) is 2.49. The Balaban J connectivity index is 2.31. The van der Waals surface area contributed by atoms with Gasteiger partial charge >= 0.3 is 0 Å². The van der Waals surface area contributed by atoms with Crippen LogP contribution in [0.15, 0.2) is 42.5 Å². The Labute approximate surface area is 106 Å². The molecule has 0 aliphatic heterocycles. The van der Waals surface area contributed by atoms with E-state index in [2.05, 4.69) is 5.32 Å². The molecular weight excluding hydrogens is 323 g/mol. The topological polar surface area (TPSA) is 12.0 Å². The molecule has 0 radical (unpaired) electrons. The third-order valence-corrected chi connectivity index (χ3v) is 2.97. The Morgan fingerprint density at radius 1 is 0.938 bits per heavy atom. The molecule has 1 nitrogen and oxygen atoms in total. The van der Waals surface area contributed by atoms with Crippen molar-refractivity contribution in [2.45, 2.75) is 0 Å². The van der Waals surface area contributed by atoms with Gasteiger partial charge in [-0.2, -0.15) is 0 Å². The van der Waals surface area contributed by atoms with Crippen LogP contribution in [0, 0.1) is 15.2 Å². The summed E-state index contributed by atoms with van der Waals surface area (Å²) in [5, 5.41) is 2.92. The summed E-state index contributed by atoms with van der Waals surface area (Å²) in [4.78, 5) is 0. The first-order chi connectivity index (χ1) is 7.66. The second kappa shape index (κ2) is 4.78. The van der Waals surface area contributed by atoms with Crippen molar-refractivity contribution < 1.29 is 8.78 Å². The van der Waals surface area contributed by atoms with Gasteiger partial charge in [-0.1, -0.05) is 12.1 Å². The van der Waals surface area contributed by atoms with E-state index in [1.807, 2.05) is 22.6 Å². The number of halogens is 3. The molecule has 0 spiro atoms. The van der Waals surface area contributed by atoms with Crippen LogP contribution in [-0.4, -0.2) is 0 Å². The Kier molecular flexibility index (Phi) is 3.38. The largest absolute Gasteiger partial charge is 0.352 e. The number of anilines is 2. The molecule has 0 aliphatic rings. The van der Waals surface area contributed by atoms with E-state index >= 15 is 0 Å². The van der Waals surface area contributed by atoms with E-state index in [0.29, 0.717) is 14.9 Å². The molecule has 0 heterocycles. The highest BCUT2D eigenvalue weighted by Gasteiger charge is 2.04. The fourth-order valence-electron chi connectivity index (χ4n) is 1.30. The quantitative estimate of drug-likeness (QED) is 0.809. The summed E-state index contributed by atoms with van der Waals surface area (Å²) in [6.07, 6.45) is 0. The fraction of sp³-hybridized carbons (Fsp3) is 0. The Morgan fingerprint density at radius 3 is 2.38 bits per heavy atom. The van der Waals surface area contributed by atoms with Crippen LogP contribution < -0.4 is 5.32 Å². The van der Waals surface area contributed by atoms with Crippen LogP contribution in [0.3, 0.4) is 0 Å². The molecule has 0 unspecified atom stereocenters. The smallest absolute Gasteiger partial charge is 0.146 e. The minimum absolute atomic E-state index is 0.302. The lowest BCUT2D eigenvalue weighted by atomic mass is 10.2. The predicted octanol–water partition coefficient (Wildman–Crippen LogP) is 4.31. The number of benzene rings is 2. The first-order valence-corrected chi connectivity index (χ1v) is 5.71. The normalized spacial score (nSPS) is 10.2. The van der Waals surface area contributed by atoms with Crippen molar-refractivity contribution in [3.8, 4) is 0 Å². The van der Waals surface area contributed by atoms with Crippen LogP contribution in [0.25, 0.3) is 0 Å². The van der Waals surface area contributed by atoms with Gasteiger partial charge in [0.25, 0.3) is 0 Å².